The van der Waals surface area contributed by atoms with Crippen molar-refractivity contribution in [2.75, 3.05) is 0 Å². The minimum atomic E-state index is -0.540. The lowest BCUT2D eigenvalue weighted by Gasteiger charge is -2.35. The largest absolute Gasteiger partial charge is 0.488 e. The van der Waals surface area contributed by atoms with Crippen molar-refractivity contribution in [1.29, 1.82) is 0 Å². The maximum Gasteiger partial charge on any atom is 0.316 e. The molecule has 0 amide bonds. The average molecular weight is 603 g/mol. The third-order valence-corrected chi connectivity index (χ3v) is 9.60. The van der Waals surface area contributed by atoms with Gasteiger partial charge in [-0.2, -0.15) is 0 Å². The second-order valence-electron chi connectivity index (χ2n) is 14.1. The Kier molecular flexibility index (Phi) is 9.31. The molecule has 3 nitrogen and oxygen atoms in total. The summed E-state index contributed by atoms with van der Waals surface area (Å²) in [4.78, 5) is 13.2. The molecule has 1 aliphatic carbocycles. The maximum absolute atomic E-state index is 13.2. The third-order valence-electron chi connectivity index (χ3n) is 9.60. The van der Waals surface area contributed by atoms with Crippen molar-refractivity contribution < 1.29 is 14.3 Å². The molecule has 0 spiro atoms. The summed E-state index contributed by atoms with van der Waals surface area (Å²) < 4.78 is 12.7. The fourth-order valence-electron chi connectivity index (χ4n) is 6.93. The van der Waals surface area contributed by atoms with E-state index in [0.717, 1.165) is 61.0 Å². The quantitative estimate of drug-likeness (QED) is 0.105. The number of ether oxygens (including phenoxy) is 2. The van der Waals surface area contributed by atoms with E-state index in [1.54, 1.807) is 0 Å². The predicted octanol–water partition coefficient (Wildman–Crippen LogP) is 11.1. The van der Waals surface area contributed by atoms with Crippen LogP contribution >= 0.6 is 0 Å². The van der Waals surface area contributed by atoms with Gasteiger partial charge in [-0.05, 0) is 117 Å². The lowest BCUT2D eigenvalue weighted by Crippen LogP contribution is -2.30. The molecule has 0 saturated heterocycles. The fraction of sp³-hybridized carbons (Fsp3) is 0.405. The first-order valence-corrected chi connectivity index (χ1v) is 16.8. The van der Waals surface area contributed by atoms with Crippen molar-refractivity contribution in [2.45, 2.75) is 105 Å². The molecule has 236 valence electrons. The molecular weight excluding hydrogens is 552 g/mol. The van der Waals surface area contributed by atoms with Crippen LogP contribution in [0.2, 0.25) is 0 Å². The average Bonchev–Trinajstić information content (AvgIpc) is 3.32. The smallest absolute Gasteiger partial charge is 0.316 e. The molecule has 0 fully saturated rings. The van der Waals surface area contributed by atoms with Gasteiger partial charge in [0.15, 0.2) is 0 Å². The predicted molar refractivity (Wildman–Crippen MR) is 186 cm³/mol. The first-order chi connectivity index (χ1) is 21.4. The molecule has 0 bridgehead atoms. The third kappa shape index (κ3) is 6.19. The van der Waals surface area contributed by atoms with Crippen molar-refractivity contribution in [3.8, 4) is 22.6 Å². The molecule has 0 N–H and O–H groups in total. The number of rotatable bonds is 12. The van der Waals surface area contributed by atoms with E-state index in [1.165, 1.54) is 27.8 Å². The lowest BCUT2D eigenvalue weighted by molar-refractivity contribution is -0.144. The first kappa shape index (κ1) is 32.5. The van der Waals surface area contributed by atoms with Crippen LogP contribution in [0.1, 0.15) is 113 Å². The summed E-state index contributed by atoms with van der Waals surface area (Å²) in [7, 11) is 0. The van der Waals surface area contributed by atoms with Gasteiger partial charge in [0.2, 0.25) is 0 Å². The van der Waals surface area contributed by atoms with E-state index < -0.39 is 10.8 Å². The van der Waals surface area contributed by atoms with Gasteiger partial charge in [-0.3, -0.25) is 4.79 Å². The summed E-state index contributed by atoms with van der Waals surface area (Å²) in [6, 6.07) is 30.6. The number of hydrogen-bond acceptors (Lipinski definition) is 3. The van der Waals surface area contributed by atoms with Crippen LogP contribution in [0.5, 0.6) is 11.5 Å². The molecule has 0 radical (unpaired) electrons. The zero-order valence-corrected chi connectivity index (χ0v) is 28.6. The van der Waals surface area contributed by atoms with Gasteiger partial charge in [0, 0.05) is 0 Å². The minimum absolute atomic E-state index is 0.175. The summed E-state index contributed by atoms with van der Waals surface area (Å²) in [5.41, 5.74) is 8.12. The first-order valence-electron chi connectivity index (χ1n) is 16.8. The van der Waals surface area contributed by atoms with Gasteiger partial charge in [-0.25, -0.2) is 0 Å². The van der Waals surface area contributed by atoms with Crippen molar-refractivity contribution in [1.82, 2.24) is 0 Å². The van der Waals surface area contributed by atoms with Crippen molar-refractivity contribution in [2.24, 2.45) is 5.41 Å². The highest BCUT2D eigenvalue weighted by atomic mass is 16.5. The fourth-order valence-corrected chi connectivity index (χ4v) is 6.93. The molecule has 3 heteroatoms. The molecule has 0 aliphatic heterocycles. The maximum atomic E-state index is 13.2. The number of carbonyl (C=O) groups excluding carboxylic acids is 1. The van der Waals surface area contributed by atoms with Gasteiger partial charge in [-0.1, -0.05) is 106 Å². The van der Waals surface area contributed by atoms with Crippen LogP contribution in [0.15, 0.2) is 84.9 Å². The Morgan fingerprint density at radius 3 is 1.67 bits per heavy atom. The molecule has 1 aliphatic rings. The monoisotopic (exact) mass is 602 g/mol. The number of unbranched alkanes of at least 4 members (excludes halogenated alkanes) is 2. The topological polar surface area (TPSA) is 35.5 Å². The SMILES string of the molecule is CCCCC(C)(C)Oc1ccc(C2(c3ccc(OC(=O)C(C)(C)CCCC)c(C)c3)c3ccccc3-c3ccccc32)cc1C. The summed E-state index contributed by atoms with van der Waals surface area (Å²) in [6.45, 7) is 16.9. The molecule has 4 aromatic rings. The molecule has 0 unspecified atom stereocenters. The number of carbonyl (C=O) groups is 1. The van der Waals surface area contributed by atoms with Gasteiger partial charge in [0.1, 0.15) is 17.1 Å². The molecule has 0 heterocycles. The Balaban J connectivity index is 1.64. The number of hydrogen-bond donors (Lipinski definition) is 0. The van der Waals surface area contributed by atoms with Crippen LogP contribution in [0.4, 0.5) is 0 Å². The van der Waals surface area contributed by atoms with Gasteiger partial charge < -0.3 is 9.47 Å². The highest BCUT2D eigenvalue weighted by molar-refractivity contribution is 5.86. The van der Waals surface area contributed by atoms with Gasteiger partial charge in [0.05, 0.1) is 10.8 Å². The van der Waals surface area contributed by atoms with Crippen molar-refractivity contribution >= 4 is 5.97 Å². The molecule has 0 saturated carbocycles. The van der Waals surface area contributed by atoms with Gasteiger partial charge in [-0.15, -0.1) is 0 Å². The second kappa shape index (κ2) is 12.9. The zero-order valence-electron chi connectivity index (χ0n) is 28.6. The minimum Gasteiger partial charge on any atom is -0.488 e. The Labute approximate surface area is 271 Å². The summed E-state index contributed by atoms with van der Waals surface area (Å²) in [6.07, 6.45) is 6.17. The van der Waals surface area contributed by atoms with Crippen LogP contribution in [0.3, 0.4) is 0 Å². The van der Waals surface area contributed by atoms with E-state index in [4.69, 9.17) is 9.47 Å². The highest BCUT2D eigenvalue weighted by Crippen LogP contribution is 2.56. The molecule has 4 aromatic carbocycles. The number of benzene rings is 4. The lowest BCUT2D eigenvalue weighted by atomic mass is 9.67. The molecule has 0 aromatic heterocycles. The van der Waals surface area contributed by atoms with E-state index in [-0.39, 0.29) is 11.6 Å². The van der Waals surface area contributed by atoms with Gasteiger partial charge in [0.25, 0.3) is 0 Å². The summed E-state index contributed by atoms with van der Waals surface area (Å²) in [5, 5.41) is 0. The Morgan fingerprint density at radius 1 is 0.667 bits per heavy atom. The number of aryl methyl sites for hydroxylation is 2. The van der Waals surface area contributed by atoms with E-state index in [2.05, 4.69) is 113 Å². The Bertz CT molecular complexity index is 1630. The number of fused-ring (bicyclic) bond motifs is 3. The Hall–Kier alpha value is -3.85. The highest BCUT2D eigenvalue weighted by Gasteiger charge is 2.46. The molecular formula is C42H50O3. The molecule has 0 atom stereocenters. The van der Waals surface area contributed by atoms with Crippen molar-refractivity contribution in [3.63, 3.8) is 0 Å². The van der Waals surface area contributed by atoms with E-state index in [9.17, 15) is 4.79 Å². The molecule has 5 rings (SSSR count). The number of esters is 1. The van der Waals surface area contributed by atoms with Crippen LogP contribution in [0.25, 0.3) is 11.1 Å². The summed E-state index contributed by atoms with van der Waals surface area (Å²) in [5.74, 6) is 1.38. The normalized spacial score (nSPS) is 13.7. The van der Waals surface area contributed by atoms with Crippen LogP contribution in [-0.4, -0.2) is 11.6 Å². The summed E-state index contributed by atoms with van der Waals surface area (Å²) >= 11 is 0. The molecule has 45 heavy (non-hydrogen) atoms. The van der Waals surface area contributed by atoms with Gasteiger partial charge >= 0.3 is 5.97 Å². The van der Waals surface area contributed by atoms with E-state index in [1.807, 2.05) is 26.8 Å². The van der Waals surface area contributed by atoms with Crippen LogP contribution in [-0.2, 0) is 10.2 Å². The Morgan fingerprint density at radius 2 is 1.16 bits per heavy atom. The van der Waals surface area contributed by atoms with E-state index >= 15 is 0 Å². The second-order valence-corrected chi connectivity index (χ2v) is 14.1. The van der Waals surface area contributed by atoms with Crippen LogP contribution < -0.4 is 9.47 Å². The zero-order chi connectivity index (χ0) is 32.4. The standard InChI is InChI=1S/C42H50O3/c1-9-11-25-40(5,6)39(43)44-37-23-21-31(27-29(37)3)42(35-19-15-13-17-33(35)34-18-14-16-20-36(34)42)32-22-24-38(30(4)28-32)45-41(7,8)26-12-10-2/h13-24,27-28H,9-12,25-26H2,1-8H3. The van der Waals surface area contributed by atoms with Crippen molar-refractivity contribution in [3.05, 3.63) is 118 Å². The van der Waals surface area contributed by atoms with Crippen LogP contribution in [0, 0.1) is 19.3 Å². The van der Waals surface area contributed by atoms with E-state index in [0.29, 0.717) is 5.75 Å².